The summed E-state index contributed by atoms with van der Waals surface area (Å²) in [5, 5.41) is 16.2. The Balaban J connectivity index is 1.63. The molecule has 0 spiro atoms. The number of nitro benzene ring substituents is 1. The second-order valence-electron chi connectivity index (χ2n) is 4.58. The molecule has 0 atom stereocenters. The lowest BCUT2D eigenvalue weighted by Crippen LogP contribution is -2.24. The van der Waals surface area contributed by atoms with Crippen molar-refractivity contribution >= 4 is 34.2 Å². The number of fused-ring (bicyclic) bond motifs is 1. The Morgan fingerprint density at radius 2 is 2.38 bits per heavy atom. The van der Waals surface area contributed by atoms with Crippen LogP contribution in [0.5, 0.6) is 0 Å². The number of rotatable bonds is 4. The Bertz CT molecular complexity index is 671. The van der Waals surface area contributed by atoms with Crippen LogP contribution in [0.15, 0.2) is 40.4 Å². The maximum absolute atomic E-state index is 12.0. The molecule has 8 heteroatoms. The number of nitrogens with one attached hydrogen (secondary N) is 1. The monoisotopic (exact) mass is 304 g/mol. The molecule has 3 rings (SSSR count). The van der Waals surface area contributed by atoms with E-state index in [9.17, 15) is 14.9 Å². The Morgan fingerprint density at radius 1 is 1.52 bits per heavy atom. The van der Waals surface area contributed by atoms with E-state index in [2.05, 4.69) is 10.3 Å². The van der Waals surface area contributed by atoms with E-state index >= 15 is 0 Å². The minimum absolute atomic E-state index is 0.0441. The number of anilines is 1. The predicted octanol–water partition coefficient (Wildman–Crippen LogP) is 2.18. The van der Waals surface area contributed by atoms with E-state index in [4.69, 9.17) is 0 Å². The Labute approximate surface area is 124 Å². The molecule has 2 heterocycles. The highest BCUT2D eigenvalue weighted by atomic mass is 32.2. The number of nitro groups is 1. The highest BCUT2D eigenvalue weighted by molar-refractivity contribution is 8.16. The smallest absolute Gasteiger partial charge is 0.271 e. The Kier molecular flexibility index (Phi) is 3.61. The van der Waals surface area contributed by atoms with Gasteiger partial charge >= 0.3 is 0 Å². The van der Waals surface area contributed by atoms with E-state index < -0.39 is 4.92 Å². The van der Waals surface area contributed by atoms with E-state index in [0.29, 0.717) is 5.69 Å². The summed E-state index contributed by atoms with van der Waals surface area (Å²) in [4.78, 5) is 28.6. The fraction of sp³-hybridized carbons (Fsp3) is 0.231. The van der Waals surface area contributed by atoms with Crippen LogP contribution >= 0.6 is 11.8 Å². The highest BCUT2D eigenvalue weighted by Crippen LogP contribution is 2.31. The molecule has 1 N–H and O–H groups in total. The van der Waals surface area contributed by atoms with Gasteiger partial charge in [0.05, 0.1) is 17.9 Å². The number of benzene rings is 1. The molecular weight excluding hydrogens is 292 g/mol. The fourth-order valence-corrected chi connectivity index (χ4v) is 3.14. The molecule has 0 fully saturated rings. The molecule has 0 bridgehead atoms. The lowest BCUT2D eigenvalue weighted by Gasteiger charge is -2.16. The zero-order valence-corrected chi connectivity index (χ0v) is 11.8. The fourth-order valence-electron chi connectivity index (χ4n) is 2.18. The molecule has 0 radical (unpaired) electrons. The predicted molar refractivity (Wildman–Crippen MR) is 81.0 cm³/mol. The first kappa shape index (κ1) is 13.6. The quantitative estimate of drug-likeness (QED) is 0.680. The summed E-state index contributed by atoms with van der Waals surface area (Å²) in [6.07, 6.45) is 0.231. The normalized spacial score (nSPS) is 16.3. The molecule has 2 aliphatic rings. The van der Waals surface area contributed by atoms with Crippen LogP contribution in [0.3, 0.4) is 0 Å². The summed E-state index contributed by atoms with van der Waals surface area (Å²) < 4.78 is 0. The van der Waals surface area contributed by atoms with Gasteiger partial charge in [-0.2, -0.15) is 0 Å². The summed E-state index contributed by atoms with van der Waals surface area (Å²) in [6.45, 7) is 1.56. The number of carbonyl (C=O) groups excluding carboxylic acids is 1. The van der Waals surface area contributed by atoms with Crippen molar-refractivity contribution in [1.82, 2.24) is 4.90 Å². The largest absolute Gasteiger partial charge is 0.326 e. The van der Waals surface area contributed by atoms with Gasteiger partial charge in [0.1, 0.15) is 0 Å². The van der Waals surface area contributed by atoms with Crippen molar-refractivity contribution in [3.63, 3.8) is 0 Å². The number of non-ortho nitro benzene ring substituents is 1. The lowest BCUT2D eigenvalue weighted by molar-refractivity contribution is -0.384. The van der Waals surface area contributed by atoms with Crippen LogP contribution in [-0.2, 0) is 4.79 Å². The number of aliphatic imine (C=N–C) groups is 1. The second kappa shape index (κ2) is 5.57. The molecular formula is C13H12N4O3S. The van der Waals surface area contributed by atoms with Crippen molar-refractivity contribution in [3.8, 4) is 0 Å². The molecule has 2 aliphatic heterocycles. The number of amides is 1. The summed E-state index contributed by atoms with van der Waals surface area (Å²) in [5.74, 6) is -0.199. The van der Waals surface area contributed by atoms with Gasteiger partial charge in [0.25, 0.3) is 5.69 Å². The van der Waals surface area contributed by atoms with E-state index in [0.717, 1.165) is 24.0 Å². The summed E-state index contributed by atoms with van der Waals surface area (Å²) in [7, 11) is 0. The third-order valence-electron chi connectivity index (χ3n) is 3.13. The maximum Gasteiger partial charge on any atom is 0.271 e. The van der Waals surface area contributed by atoms with E-state index in [-0.39, 0.29) is 18.0 Å². The van der Waals surface area contributed by atoms with Crippen molar-refractivity contribution in [2.24, 2.45) is 4.99 Å². The number of carbonyl (C=O) groups is 1. The molecule has 0 unspecified atom stereocenters. The first-order valence-electron chi connectivity index (χ1n) is 6.35. The van der Waals surface area contributed by atoms with Gasteiger partial charge < -0.3 is 10.2 Å². The minimum Gasteiger partial charge on any atom is -0.326 e. The van der Waals surface area contributed by atoms with Crippen molar-refractivity contribution < 1.29 is 9.72 Å². The standard InChI is InChI=1S/C13H12N4O3S/c18-12(7-11-8-21-13-14-4-5-16(11)13)15-9-2-1-3-10(6-9)17(19)20/h1-3,6,8H,4-5,7H2,(H,15,18). The van der Waals surface area contributed by atoms with Crippen molar-refractivity contribution in [3.05, 3.63) is 45.5 Å². The number of nitrogens with zero attached hydrogens (tertiary/aromatic N) is 3. The molecule has 1 amide bonds. The number of hydrogen-bond acceptors (Lipinski definition) is 6. The molecule has 7 nitrogen and oxygen atoms in total. The zero-order chi connectivity index (χ0) is 14.8. The highest BCUT2D eigenvalue weighted by Gasteiger charge is 2.27. The molecule has 21 heavy (non-hydrogen) atoms. The number of hydrogen-bond donors (Lipinski definition) is 1. The molecule has 0 saturated heterocycles. The molecule has 1 aromatic carbocycles. The van der Waals surface area contributed by atoms with E-state index in [1.54, 1.807) is 12.1 Å². The van der Waals surface area contributed by atoms with Crippen molar-refractivity contribution in [2.75, 3.05) is 18.4 Å². The maximum atomic E-state index is 12.0. The molecule has 0 saturated carbocycles. The summed E-state index contributed by atoms with van der Waals surface area (Å²) >= 11 is 1.52. The van der Waals surface area contributed by atoms with Gasteiger partial charge in [-0.05, 0) is 11.5 Å². The SMILES string of the molecule is O=C(CC1=CSC2=NCCN12)Nc1cccc([N+](=O)[O-])c1. The third-order valence-corrected chi connectivity index (χ3v) is 4.08. The molecule has 0 aliphatic carbocycles. The van der Waals surface area contributed by atoms with Crippen molar-refractivity contribution in [1.29, 1.82) is 0 Å². The summed E-state index contributed by atoms with van der Waals surface area (Å²) in [6, 6.07) is 5.91. The van der Waals surface area contributed by atoms with Crippen LogP contribution < -0.4 is 5.32 Å². The molecule has 0 aromatic heterocycles. The van der Waals surface area contributed by atoms with E-state index in [1.165, 1.54) is 23.9 Å². The minimum atomic E-state index is -0.487. The van der Waals surface area contributed by atoms with Crippen LogP contribution in [0.1, 0.15) is 6.42 Å². The van der Waals surface area contributed by atoms with Gasteiger partial charge in [-0.3, -0.25) is 19.9 Å². The van der Waals surface area contributed by atoms with Crippen LogP contribution in [0.25, 0.3) is 0 Å². The first-order chi connectivity index (χ1) is 10.1. The topological polar surface area (TPSA) is 87.8 Å². The van der Waals surface area contributed by atoms with Crippen LogP contribution in [0, 0.1) is 10.1 Å². The first-order valence-corrected chi connectivity index (χ1v) is 7.23. The van der Waals surface area contributed by atoms with Crippen LogP contribution in [-0.4, -0.2) is 34.0 Å². The van der Waals surface area contributed by atoms with E-state index in [1.807, 2.05) is 10.3 Å². The van der Waals surface area contributed by atoms with Crippen LogP contribution in [0.4, 0.5) is 11.4 Å². The van der Waals surface area contributed by atoms with Gasteiger partial charge in [0.15, 0.2) is 5.17 Å². The lowest BCUT2D eigenvalue weighted by atomic mass is 10.2. The van der Waals surface area contributed by atoms with Gasteiger partial charge in [-0.1, -0.05) is 17.8 Å². The molecule has 108 valence electrons. The second-order valence-corrected chi connectivity index (χ2v) is 5.41. The molecule has 1 aromatic rings. The summed E-state index contributed by atoms with van der Waals surface area (Å²) in [5.41, 5.74) is 1.30. The van der Waals surface area contributed by atoms with Crippen LogP contribution in [0.2, 0.25) is 0 Å². The van der Waals surface area contributed by atoms with Gasteiger partial charge in [0.2, 0.25) is 5.91 Å². The number of amidine groups is 1. The van der Waals surface area contributed by atoms with Gasteiger partial charge in [-0.25, -0.2) is 0 Å². The Hall–Kier alpha value is -2.35. The number of thioether (sulfide) groups is 1. The van der Waals surface area contributed by atoms with Gasteiger partial charge in [-0.15, -0.1) is 0 Å². The average Bonchev–Trinajstić information content (AvgIpc) is 3.04. The zero-order valence-electron chi connectivity index (χ0n) is 11.0. The van der Waals surface area contributed by atoms with Crippen molar-refractivity contribution in [2.45, 2.75) is 6.42 Å². The van der Waals surface area contributed by atoms with Gasteiger partial charge in [0, 0.05) is 30.1 Å². The third kappa shape index (κ3) is 2.89. The Morgan fingerprint density at radius 3 is 3.19 bits per heavy atom. The average molecular weight is 304 g/mol.